The minimum atomic E-state index is -0.296. The second-order valence-corrected chi connectivity index (χ2v) is 9.68. The minimum absolute atomic E-state index is 0.0901. The van der Waals surface area contributed by atoms with Gasteiger partial charge in [0.2, 0.25) is 5.91 Å². The number of nitrogens with one attached hydrogen (secondary N) is 1. The van der Waals surface area contributed by atoms with Crippen molar-refractivity contribution < 1.29 is 14.1 Å². The topological polar surface area (TPSA) is 88.3 Å². The molecule has 0 bridgehead atoms. The Morgan fingerprint density at radius 3 is 2.39 bits per heavy atom. The lowest BCUT2D eigenvalue weighted by atomic mass is 10.1. The van der Waals surface area contributed by atoms with Gasteiger partial charge in [0.15, 0.2) is 0 Å². The molecular weight excluding hydrogens is 436 g/mol. The van der Waals surface area contributed by atoms with Gasteiger partial charge in [-0.2, -0.15) is 0 Å². The quantitative estimate of drug-likeness (QED) is 0.440. The summed E-state index contributed by atoms with van der Waals surface area (Å²) in [5, 5.41) is 7.51. The van der Waals surface area contributed by atoms with E-state index >= 15 is 0 Å². The van der Waals surface area contributed by atoms with Gasteiger partial charge in [-0.15, -0.1) is 11.3 Å². The highest BCUT2D eigenvalue weighted by Gasteiger charge is 2.23. The van der Waals surface area contributed by atoms with Crippen molar-refractivity contribution in [1.82, 2.24) is 15.0 Å². The van der Waals surface area contributed by atoms with Crippen LogP contribution in [-0.4, -0.2) is 40.4 Å². The minimum Gasteiger partial charge on any atom is -0.335 e. The highest BCUT2D eigenvalue weighted by molar-refractivity contribution is 7.15. The SMILES string of the molecule is Cc1cc(C)c(NC(=O)CN(C)C(=O)c2cc(-c3ccc(C)s3)nc3onc(C)c23)c(C)c1. The molecule has 0 radical (unpaired) electrons. The Balaban J connectivity index is 1.61. The molecule has 1 N–H and O–H groups in total. The number of carbonyl (C=O) groups excluding carboxylic acids is 2. The van der Waals surface area contributed by atoms with Crippen molar-refractivity contribution in [3.05, 3.63) is 63.2 Å². The average Bonchev–Trinajstić information content (AvgIpc) is 3.35. The predicted octanol–water partition coefficient (Wildman–Crippen LogP) is 5.20. The number of amides is 2. The Labute approximate surface area is 196 Å². The molecule has 33 heavy (non-hydrogen) atoms. The van der Waals surface area contributed by atoms with Crippen LogP contribution in [0.3, 0.4) is 0 Å². The van der Waals surface area contributed by atoms with E-state index in [0.29, 0.717) is 28.1 Å². The maximum absolute atomic E-state index is 13.4. The number of benzene rings is 1. The summed E-state index contributed by atoms with van der Waals surface area (Å²) in [5.74, 6) is -0.557. The first kappa shape index (κ1) is 22.7. The number of rotatable bonds is 5. The number of likely N-dealkylation sites (N-methyl/N-ethyl adjacent to an activating group) is 1. The van der Waals surface area contributed by atoms with E-state index in [1.165, 1.54) is 4.90 Å². The number of thiophene rings is 1. The van der Waals surface area contributed by atoms with Crippen LogP contribution in [0.1, 0.15) is 37.6 Å². The molecule has 7 nitrogen and oxygen atoms in total. The molecule has 1 aromatic carbocycles. The van der Waals surface area contributed by atoms with Gasteiger partial charge in [-0.25, -0.2) is 4.98 Å². The molecule has 4 rings (SSSR count). The number of hydrogen-bond donors (Lipinski definition) is 1. The number of fused-ring (bicyclic) bond motifs is 1. The van der Waals surface area contributed by atoms with Gasteiger partial charge in [0.05, 0.1) is 33.8 Å². The summed E-state index contributed by atoms with van der Waals surface area (Å²) in [4.78, 5) is 34.2. The first-order chi connectivity index (χ1) is 15.6. The summed E-state index contributed by atoms with van der Waals surface area (Å²) < 4.78 is 5.38. The van der Waals surface area contributed by atoms with Crippen LogP contribution in [0, 0.1) is 34.6 Å². The Hall–Kier alpha value is -3.52. The van der Waals surface area contributed by atoms with Crippen molar-refractivity contribution in [2.24, 2.45) is 0 Å². The summed E-state index contributed by atoms with van der Waals surface area (Å²) in [7, 11) is 1.61. The van der Waals surface area contributed by atoms with Gasteiger partial charge in [-0.3, -0.25) is 9.59 Å². The molecule has 3 heterocycles. The molecule has 0 aliphatic heterocycles. The molecule has 0 saturated carbocycles. The Kier molecular flexibility index (Phi) is 6.03. The van der Waals surface area contributed by atoms with E-state index in [-0.39, 0.29) is 18.4 Å². The summed E-state index contributed by atoms with van der Waals surface area (Å²) in [5.41, 5.74) is 5.84. The van der Waals surface area contributed by atoms with Crippen LogP contribution in [0.5, 0.6) is 0 Å². The van der Waals surface area contributed by atoms with Crippen LogP contribution in [-0.2, 0) is 4.79 Å². The van der Waals surface area contributed by atoms with Gasteiger partial charge in [0.1, 0.15) is 0 Å². The van der Waals surface area contributed by atoms with Crippen LogP contribution in [0.25, 0.3) is 21.7 Å². The standard InChI is InChI=1S/C25H26N4O3S/c1-13-9-14(2)23(15(3)10-13)27-21(30)12-29(6)25(31)18-11-19(20-8-7-16(4)33-20)26-24-22(18)17(5)28-32-24/h7-11H,12H2,1-6H3,(H,27,30). The van der Waals surface area contributed by atoms with Crippen molar-refractivity contribution in [2.75, 3.05) is 18.9 Å². The fourth-order valence-electron chi connectivity index (χ4n) is 4.01. The molecule has 0 spiro atoms. The number of carbonyl (C=O) groups is 2. The molecule has 0 unspecified atom stereocenters. The molecule has 2 amide bonds. The predicted molar refractivity (Wildman–Crippen MR) is 131 cm³/mol. The van der Waals surface area contributed by atoms with Crippen LogP contribution in [0.2, 0.25) is 0 Å². The van der Waals surface area contributed by atoms with Gasteiger partial charge < -0.3 is 14.7 Å². The smallest absolute Gasteiger partial charge is 0.259 e. The second-order valence-electron chi connectivity index (χ2n) is 8.40. The molecule has 0 fully saturated rings. The first-order valence-electron chi connectivity index (χ1n) is 10.6. The zero-order chi connectivity index (χ0) is 23.9. The Bertz CT molecular complexity index is 1360. The van der Waals surface area contributed by atoms with Gasteiger partial charge in [0, 0.05) is 17.6 Å². The lowest BCUT2D eigenvalue weighted by Gasteiger charge is -2.19. The molecule has 0 aliphatic rings. The van der Waals surface area contributed by atoms with Crippen LogP contribution in [0.15, 0.2) is 34.9 Å². The molecule has 4 aromatic rings. The van der Waals surface area contributed by atoms with Gasteiger partial charge in [-0.1, -0.05) is 22.9 Å². The molecule has 3 aromatic heterocycles. The fourth-order valence-corrected chi connectivity index (χ4v) is 4.84. The molecule has 8 heteroatoms. The zero-order valence-corrected chi connectivity index (χ0v) is 20.4. The van der Waals surface area contributed by atoms with Crippen molar-refractivity contribution >= 4 is 39.9 Å². The number of pyridine rings is 1. The van der Waals surface area contributed by atoms with E-state index in [9.17, 15) is 9.59 Å². The molecule has 0 saturated heterocycles. The van der Waals surface area contributed by atoms with Crippen molar-refractivity contribution in [1.29, 1.82) is 0 Å². The zero-order valence-electron chi connectivity index (χ0n) is 19.6. The number of nitrogens with zero attached hydrogens (tertiary/aromatic N) is 3. The van der Waals surface area contributed by atoms with Crippen molar-refractivity contribution in [2.45, 2.75) is 34.6 Å². The second kappa shape index (κ2) is 8.78. The molecule has 170 valence electrons. The fraction of sp³-hybridized carbons (Fsp3) is 0.280. The van der Waals surface area contributed by atoms with Gasteiger partial charge in [0.25, 0.3) is 11.6 Å². The van der Waals surface area contributed by atoms with E-state index in [4.69, 9.17) is 4.52 Å². The van der Waals surface area contributed by atoms with Gasteiger partial charge >= 0.3 is 0 Å². The molecule has 0 aliphatic carbocycles. The molecular formula is C25H26N4O3S. The maximum Gasteiger partial charge on any atom is 0.259 e. The number of aromatic nitrogens is 2. The first-order valence-corrected chi connectivity index (χ1v) is 11.4. The normalized spacial score (nSPS) is 11.1. The number of aryl methyl sites for hydroxylation is 5. The van der Waals surface area contributed by atoms with E-state index in [2.05, 4.69) is 15.5 Å². The summed E-state index contributed by atoms with van der Waals surface area (Å²) in [6.07, 6.45) is 0. The monoisotopic (exact) mass is 462 g/mol. The van der Waals surface area contributed by atoms with Crippen LogP contribution >= 0.6 is 11.3 Å². The third kappa shape index (κ3) is 4.52. The maximum atomic E-state index is 13.4. The van der Waals surface area contributed by atoms with E-state index in [0.717, 1.165) is 32.1 Å². The highest BCUT2D eigenvalue weighted by Crippen LogP contribution is 2.31. The highest BCUT2D eigenvalue weighted by atomic mass is 32.1. The largest absolute Gasteiger partial charge is 0.335 e. The third-order valence-electron chi connectivity index (χ3n) is 5.51. The van der Waals surface area contributed by atoms with Crippen molar-refractivity contribution in [3.8, 4) is 10.6 Å². The van der Waals surface area contributed by atoms with E-state index < -0.39 is 0 Å². The van der Waals surface area contributed by atoms with Gasteiger partial charge in [-0.05, 0) is 63.9 Å². The summed E-state index contributed by atoms with van der Waals surface area (Å²) in [6.45, 7) is 9.64. The molecule has 0 atom stereocenters. The van der Waals surface area contributed by atoms with Crippen LogP contribution < -0.4 is 5.32 Å². The van der Waals surface area contributed by atoms with Crippen LogP contribution in [0.4, 0.5) is 5.69 Å². The Morgan fingerprint density at radius 2 is 1.76 bits per heavy atom. The Morgan fingerprint density at radius 1 is 1.06 bits per heavy atom. The average molecular weight is 463 g/mol. The van der Waals surface area contributed by atoms with E-state index in [1.807, 2.05) is 52.0 Å². The summed E-state index contributed by atoms with van der Waals surface area (Å²) in [6, 6.07) is 9.77. The number of hydrogen-bond acceptors (Lipinski definition) is 6. The number of anilines is 1. The summed E-state index contributed by atoms with van der Waals surface area (Å²) >= 11 is 1.59. The van der Waals surface area contributed by atoms with E-state index in [1.54, 1.807) is 31.4 Å². The van der Waals surface area contributed by atoms with Crippen molar-refractivity contribution in [3.63, 3.8) is 0 Å². The lowest BCUT2D eigenvalue weighted by molar-refractivity contribution is -0.116. The lowest BCUT2D eigenvalue weighted by Crippen LogP contribution is -2.35. The third-order valence-corrected chi connectivity index (χ3v) is 6.53.